The molecule has 34 heavy (non-hydrogen) atoms. The molecule has 186 valence electrons. The molecule has 2 aromatic rings. The van der Waals surface area contributed by atoms with Crippen molar-refractivity contribution in [1.82, 2.24) is 14.5 Å². The van der Waals surface area contributed by atoms with Gasteiger partial charge in [-0.1, -0.05) is 48.9 Å². The first-order chi connectivity index (χ1) is 16.1. The molecule has 1 N–H and O–H groups in total. The molecule has 0 aliphatic rings. The highest BCUT2D eigenvalue weighted by Crippen LogP contribution is 2.17. The van der Waals surface area contributed by atoms with Gasteiger partial charge in [0.2, 0.25) is 21.8 Å². The number of nitrogens with one attached hydrogen (secondary N) is 1. The third-order valence-corrected chi connectivity index (χ3v) is 7.83. The smallest absolute Gasteiger partial charge is 0.242 e. The fourth-order valence-electron chi connectivity index (χ4n) is 3.37. The zero-order valence-corrected chi connectivity index (χ0v) is 21.8. The molecule has 0 radical (unpaired) electrons. The van der Waals surface area contributed by atoms with Gasteiger partial charge in [-0.2, -0.15) is 0 Å². The van der Waals surface area contributed by atoms with Crippen molar-refractivity contribution in [2.75, 3.05) is 13.6 Å². The topological polar surface area (TPSA) is 86.8 Å². The van der Waals surface area contributed by atoms with Gasteiger partial charge >= 0.3 is 0 Å². The molecule has 0 fully saturated rings. The average molecular weight is 508 g/mol. The van der Waals surface area contributed by atoms with E-state index >= 15 is 0 Å². The van der Waals surface area contributed by atoms with E-state index in [2.05, 4.69) is 5.32 Å². The summed E-state index contributed by atoms with van der Waals surface area (Å²) in [5.41, 5.74) is 0.813. The van der Waals surface area contributed by atoms with Crippen molar-refractivity contribution in [3.8, 4) is 0 Å². The molecule has 2 unspecified atom stereocenters. The molecule has 0 heterocycles. The first kappa shape index (κ1) is 27.8. The van der Waals surface area contributed by atoms with E-state index < -0.39 is 16.1 Å². The highest BCUT2D eigenvalue weighted by atomic mass is 35.5. The van der Waals surface area contributed by atoms with Crippen molar-refractivity contribution in [3.63, 3.8) is 0 Å². The number of halogens is 1. The van der Waals surface area contributed by atoms with Crippen LogP contribution >= 0.6 is 11.6 Å². The van der Waals surface area contributed by atoms with Crippen molar-refractivity contribution in [1.29, 1.82) is 0 Å². The normalized spacial score (nSPS) is 13.4. The Hall–Kier alpha value is -2.42. The molecule has 2 amide bonds. The molecule has 0 saturated carbocycles. The van der Waals surface area contributed by atoms with E-state index in [0.717, 1.165) is 12.0 Å². The van der Waals surface area contributed by atoms with Crippen molar-refractivity contribution >= 4 is 33.4 Å². The maximum atomic E-state index is 13.2. The van der Waals surface area contributed by atoms with Gasteiger partial charge in [0.05, 0.1) is 4.90 Å². The first-order valence-electron chi connectivity index (χ1n) is 11.4. The van der Waals surface area contributed by atoms with Gasteiger partial charge in [0.25, 0.3) is 0 Å². The zero-order valence-electron chi connectivity index (χ0n) is 20.2. The predicted octanol–water partition coefficient (Wildman–Crippen LogP) is 4.07. The summed E-state index contributed by atoms with van der Waals surface area (Å²) in [7, 11) is -2.13. The highest BCUT2D eigenvalue weighted by Gasteiger charge is 2.27. The molecule has 7 nitrogen and oxygen atoms in total. The Labute approximate surface area is 208 Å². The monoisotopic (exact) mass is 507 g/mol. The lowest BCUT2D eigenvalue weighted by Gasteiger charge is -2.30. The lowest BCUT2D eigenvalue weighted by molar-refractivity contribution is -0.141. The van der Waals surface area contributed by atoms with Crippen LogP contribution in [0.4, 0.5) is 0 Å². The Morgan fingerprint density at radius 3 is 2.35 bits per heavy atom. The molecule has 0 aromatic heterocycles. The molecule has 9 heteroatoms. The van der Waals surface area contributed by atoms with Crippen molar-refractivity contribution in [2.24, 2.45) is 0 Å². The van der Waals surface area contributed by atoms with Gasteiger partial charge in [-0.15, -0.1) is 0 Å². The van der Waals surface area contributed by atoms with Crippen molar-refractivity contribution < 1.29 is 18.0 Å². The summed E-state index contributed by atoms with van der Waals surface area (Å²) >= 11 is 6.10. The van der Waals surface area contributed by atoms with E-state index in [1.807, 2.05) is 19.9 Å². The Morgan fingerprint density at radius 1 is 1.06 bits per heavy atom. The van der Waals surface area contributed by atoms with Crippen LogP contribution in [0.2, 0.25) is 5.02 Å². The van der Waals surface area contributed by atoms with Gasteiger partial charge in [-0.05, 0) is 56.5 Å². The largest absolute Gasteiger partial charge is 0.352 e. The maximum absolute atomic E-state index is 13.2. The molecule has 0 aliphatic heterocycles. The molecular formula is C25H34ClN3O4S. The van der Waals surface area contributed by atoms with Crippen LogP contribution in [-0.2, 0) is 26.2 Å². The number of carbonyl (C=O) groups excluding carboxylic acids is 2. The summed E-state index contributed by atoms with van der Waals surface area (Å²) in [4.78, 5) is 27.7. The summed E-state index contributed by atoms with van der Waals surface area (Å²) in [5.74, 6) is -0.453. The minimum absolute atomic E-state index is 0.00471. The minimum atomic E-state index is -3.63. The predicted molar refractivity (Wildman–Crippen MR) is 135 cm³/mol. The molecule has 2 rings (SSSR count). The van der Waals surface area contributed by atoms with Gasteiger partial charge < -0.3 is 10.2 Å². The Bertz CT molecular complexity index is 1060. The number of benzene rings is 2. The second kappa shape index (κ2) is 12.9. The standard InChI is InChI=1S/C25H34ClN3O4S/c1-5-19(2)27-25(31)20(3)29(18-21-11-9-12-22(26)17-21)24(30)15-10-16-28(4)34(32,33)23-13-7-6-8-14-23/h6-9,11-14,17,19-20H,5,10,15-16,18H2,1-4H3,(H,27,31). The van der Waals surface area contributed by atoms with Gasteiger partial charge in [0.1, 0.15) is 6.04 Å². The molecule has 0 aliphatic carbocycles. The second-order valence-corrected chi connectivity index (χ2v) is 10.9. The van der Waals surface area contributed by atoms with Crippen molar-refractivity contribution in [3.05, 3.63) is 65.2 Å². The lowest BCUT2D eigenvalue weighted by Crippen LogP contribution is -2.49. The van der Waals surface area contributed by atoms with Gasteiger partial charge in [-0.25, -0.2) is 12.7 Å². The van der Waals surface area contributed by atoms with E-state index in [1.165, 1.54) is 16.3 Å². The van der Waals surface area contributed by atoms with E-state index in [-0.39, 0.29) is 42.3 Å². The van der Waals surface area contributed by atoms with Crippen LogP contribution in [0.5, 0.6) is 0 Å². The summed E-state index contributed by atoms with van der Waals surface area (Å²) in [6.45, 7) is 6.00. The second-order valence-electron chi connectivity index (χ2n) is 8.39. The Kier molecular flexibility index (Phi) is 10.5. The summed E-state index contributed by atoms with van der Waals surface area (Å²) < 4.78 is 26.7. The third-order valence-electron chi connectivity index (χ3n) is 5.73. The van der Waals surface area contributed by atoms with Crippen LogP contribution in [0, 0.1) is 0 Å². The molecule has 0 spiro atoms. The molecular weight excluding hydrogens is 474 g/mol. The molecule has 2 atom stereocenters. The van der Waals surface area contributed by atoms with Crippen LogP contribution in [-0.4, -0.2) is 55.1 Å². The van der Waals surface area contributed by atoms with E-state index in [0.29, 0.717) is 11.4 Å². The maximum Gasteiger partial charge on any atom is 0.242 e. The Balaban J connectivity index is 2.09. The summed E-state index contributed by atoms with van der Waals surface area (Å²) in [5, 5.41) is 3.48. The van der Waals surface area contributed by atoms with Gasteiger partial charge in [-0.3, -0.25) is 9.59 Å². The first-order valence-corrected chi connectivity index (χ1v) is 13.2. The highest BCUT2D eigenvalue weighted by molar-refractivity contribution is 7.89. The van der Waals surface area contributed by atoms with E-state index in [4.69, 9.17) is 11.6 Å². The third kappa shape index (κ3) is 7.82. The van der Waals surface area contributed by atoms with Gasteiger partial charge in [0.15, 0.2) is 0 Å². The number of hydrogen-bond donors (Lipinski definition) is 1. The average Bonchev–Trinajstić information content (AvgIpc) is 2.82. The zero-order chi connectivity index (χ0) is 25.3. The molecule has 0 bridgehead atoms. The fourth-order valence-corrected chi connectivity index (χ4v) is 4.81. The summed E-state index contributed by atoms with van der Waals surface area (Å²) in [6, 6.07) is 14.7. The number of rotatable bonds is 12. The van der Waals surface area contributed by atoms with Crippen LogP contribution in [0.1, 0.15) is 45.6 Å². The van der Waals surface area contributed by atoms with Crippen LogP contribution in [0.3, 0.4) is 0 Å². The van der Waals surface area contributed by atoms with Gasteiger partial charge in [0, 0.05) is 37.6 Å². The van der Waals surface area contributed by atoms with E-state index in [1.54, 1.807) is 55.5 Å². The van der Waals surface area contributed by atoms with Crippen molar-refractivity contribution in [2.45, 2.75) is 63.6 Å². The fraction of sp³-hybridized carbons (Fsp3) is 0.440. The van der Waals surface area contributed by atoms with E-state index in [9.17, 15) is 18.0 Å². The molecule has 2 aromatic carbocycles. The SMILES string of the molecule is CCC(C)NC(=O)C(C)N(Cc1cccc(Cl)c1)C(=O)CCCN(C)S(=O)(=O)c1ccccc1. The molecule has 0 saturated heterocycles. The number of nitrogens with zero attached hydrogens (tertiary/aromatic N) is 2. The number of amides is 2. The quantitative estimate of drug-likeness (QED) is 0.469. The van der Waals surface area contributed by atoms with Crippen LogP contribution < -0.4 is 5.32 Å². The minimum Gasteiger partial charge on any atom is -0.352 e. The lowest BCUT2D eigenvalue weighted by atomic mass is 10.1. The van der Waals surface area contributed by atoms with Crippen LogP contribution in [0.25, 0.3) is 0 Å². The number of sulfonamides is 1. The summed E-state index contributed by atoms with van der Waals surface area (Å²) in [6.07, 6.45) is 1.21. The van der Waals surface area contributed by atoms with Crippen LogP contribution in [0.15, 0.2) is 59.5 Å². The number of hydrogen-bond acceptors (Lipinski definition) is 4. The number of carbonyl (C=O) groups is 2. The Morgan fingerprint density at radius 2 is 1.74 bits per heavy atom.